The van der Waals surface area contributed by atoms with Crippen molar-refractivity contribution in [2.24, 2.45) is 0 Å². The largest absolute Gasteiger partial charge is 0.397 e. The molecular formula is C21H28N2. The van der Waals surface area contributed by atoms with E-state index in [1.54, 1.807) is 0 Å². The molecule has 0 spiro atoms. The first-order valence-corrected chi connectivity index (χ1v) is 8.46. The van der Waals surface area contributed by atoms with Crippen molar-refractivity contribution in [1.82, 2.24) is 0 Å². The lowest BCUT2D eigenvalue weighted by atomic mass is 9.63. The number of benzene rings is 2. The topological polar surface area (TPSA) is 29.3 Å². The third kappa shape index (κ3) is 2.71. The summed E-state index contributed by atoms with van der Waals surface area (Å²) in [6.45, 7) is 9.37. The van der Waals surface area contributed by atoms with E-state index in [0.717, 1.165) is 17.1 Å². The van der Waals surface area contributed by atoms with E-state index < -0.39 is 0 Å². The van der Waals surface area contributed by atoms with E-state index in [-0.39, 0.29) is 10.8 Å². The maximum absolute atomic E-state index is 6.45. The summed E-state index contributed by atoms with van der Waals surface area (Å²) in [6.07, 6.45) is 2.42. The van der Waals surface area contributed by atoms with Crippen molar-refractivity contribution in [2.45, 2.75) is 51.4 Å². The van der Waals surface area contributed by atoms with Gasteiger partial charge in [-0.25, -0.2) is 0 Å². The summed E-state index contributed by atoms with van der Waals surface area (Å²) < 4.78 is 0. The van der Waals surface area contributed by atoms with Crippen LogP contribution in [0.15, 0.2) is 42.5 Å². The fraction of sp³-hybridized carbons (Fsp3) is 0.429. The van der Waals surface area contributed by atoms with Crippen LogP contribution in [0.1, 0.15) is 51.7 Å². The Morgan fingerprint density at radius 3 is 1.96 bits per heavy atom. The summed E-state index contributed by atoms with van der Waals surface area (Å²) in [7, 11) is 2.09. The van der Waals surface area contributed by atoms with Gasteiger partial charge in [-0.1, -0.05) is 45.9 Å². The Morgan fingerprint density at radius 2 is 1.39 bits per heavy atom. The molecule has 0 saturated heterocycles. The Morgan fingerprint density at radius 1 is 0.870 bits per heavy atom. The molecule has 0 aliphatic heterocycles. The van der Waals surface area contributed by atoms with Gasteiger partial charge in [-0.15, -0.1) is 0 Å². The van der Waals surface area contributed by atoms with Crippen molar-refractivity contribution in [2.75, 3.05) is 17.7 Å². The average Bonchev–Trinajstić information content (AvgIpc) is 2.52. The van der Waals surface area contributed by atoms with Gasteiger partial charge in [0, 0.05) is 12.7 Å². The van der Waals surface area contributed by atoms with Gasteiger partial charge in [0.1, 0.15) is 0 Å². The first-order chi connectivity index (χ1) is 10.7. The second kappa shape index (κ2) is 5.30. The van der Waals surface area contributed by atoms with Gasteiger partial charge in [0.25, 0.3) is 0 Å². The molecule has 2 aromatic rings. The summed E-state index contributed by atoms with van der Waals surface area (Å²) in [5.41, 5.74) is 12.8. The lowest BCUT2D eigenvalue weighted by molar-refractivity contribution is 0.332. The van der Waals surface area contributed by atoms with E-state index in [2.05, 4.69) is 76.0 Å². The minimum Gasteiger partial charge on any atom is -0.397 e. The number of anilines is 3. The normalized spacial score (nSPS) is 18.3. The standard InChI is InChI=1S/C21H28N2/c1-20(2)11-12-21(3,4)17-14-19(18(22)13-16(17)20)23(5)15-9-7-6-8-10-15/h6-10,13-14H,11-12,22H2,1-5H3. The monoisotopic (exact) mass is 308 g/mol. The molecule has 0 aromatic heterocycles. The molecule has 0 bridgehead atoms. The zero-order chi connectivity index (χ0) is 16.8. The lowest BCUT2D eigenvalue weighted by Gasteiger charge is -2.42. The SMILES string of the molecule is CN(c1ccccc1)c1cc2c(cc1N)C(C)(C)CCC2(C)C. The third-order valence-electron chi connectivity index (χ3n) is 5.50. The number of rotatable bonds is 2. The Labute approximate surface area is 140 Å². The van der Waals surface area contributed by atoms with Gasteiger partial charge in [-0.3, -0.25) is 0 Å². The summed E-state index contributed by atoms with van der Waals surface area (Å²) in [4.78, 5) is 2.19. The predicted octanol–water partition coefficient (Wildman–Crippen LogP) is 5.39. The van der Waals surface area contributed by atoms with Crippen LogP contribution in [0.25, 0.3) is 0 Å². The van der Waals surface area contributed by atoms with Gasteiger partial charge < -0.3 is 10.6 Å². The third-order valence-corrected chi connectivity index (χ3v) is 5.50. The van der Waals surface area contributed by atoms with E-state index in [4.69, 9.17) is 5.73 Å². The second-order valence-corrected chi connectivity index (χ2v) is 8.12. The summed E-state index contributed by atoms with van der Waals surface area (Å²) in [6, 6.07) is 14.9. The molecule has 0 saturated carbocycles. The quantitative estimate of drug-likeness (QED) is 0.754. The van der Waals surface area contributed by atoms with E-state index in [1.807, 2.05) is 6.07 Å². The highest BCUT2D eigenvalue weighted by molar-refractivity contribution is 5.77. The molecule has 0 atom stereocenters. The van der Waals surface area contributed by atoms with Crippen LogP contribution in [0.2, 0.25) is 0 Å². The summed E-state index contributed by atoms with van der Waals surface area (Å²) in [5, 5.41) is 0. The van der Waals surface area contributed by atoms with Crippen LogP contribution in [-0.2, 0) is 10.8 Å². The van der Waals surface area contributed by atoms with Crippen LogP contribution in [0, 0.1) is 0 Å². The highest BCUT2D eigenvalue weighted by Crippen LogP contribution is 2.48. The maximum Gasteiger partial charge on any atom is 0.0644 e. The van der Waals surface area contributed by atoms with E-state index in [0.29, 0.717) is 0 Å². The van der Waals surface area contributed by atoms with Crippen molar-refractivity contribution in [3.05, 3.63) is 53.6 Å². The smallest absolute Gasteiger partial charge is 0.0644 e. The van der Waals surface area contributed by atoms with Gasteiger partial charge in [-0.2, -0.15) is 0 Å². The average molecular weight is 308 g/mol. The number of nitrogen functional groups attached to an aromatic ring is 1. The molecular weight excluding hydrogens is 280 g/mol. The molecule has 1 aliphatic rings. The van der Waals surface area contributed by atoms with Gasteiger partial charge >= 0.3 is 0 Å². The fourth-order valence-electron chi connectivity index (χ4n) is 3.70. The molecule has 2 heteroatoms. The Balaban J connectivity index is 2.15. The molecule has 2 nitrogen and oxygen atoms in total. The van der Waals surface area contributed by atoms with Crippen molar-refractivity contribution in [3.8, 4) is 0 Å². The Bertz CT molecular complexity index is 714. The summed E-state index contributed by atoms with van der Waals surface area (Å²) >= 11 is 0. The molecule has 3 rings (SSSR count). The van der Waals surface area contributed by atoms with Crippen molar-refractivity contribution < 1.29 is 0 Å². The number of hydrogen-bond donors (Lipinski definition) is 1. The number of hydrogen-bond acceptors (Lipinski definition) is 2. The van der Waals surface area contributed by atoms with Crippen LogP contribution in [0.3, 0.4) is 0 Å². The van der Waals surface area contributed by atoms with E-state index >= 15 is 0 Å². The van der Waals surface area contributed by atoms with Crippen molar-refractivity contribution in [3.63, 3.8) is 0 Å². The van der Waals surface area contributed by atoms with Crippen molar-refractivity contribution in [1.29, 1.82) is 0 Å². The first-order valence-electron chi connectivity index (χ1n) is 8.46. The molecule has 0 amide bonds. The number of fused-ring (bicyclic) bond motifs is 1. The molecule has 0 fully saturated rings. The molecule has 0 radical (unpaired) electrons. The highest BCUT2D eigenvalue weighted by Gasteiger charge is 2.37. The fourth-order valence-corrected chi connectivity index (χ4v) is 3.70. The van der Waals surface area contributed by atoms with E-state index in [1.165, 1.54) is 24.0 Å². The number of nitrogens with two attached hydrogens (primary N) is 1. The van der Waals surface area contributed by atoms with Crippen molar-refractivity contribution >= 4 is 17.1 Å². The maximum atomic E-state index is 6.45. The Hall–Kier alpha value is -1.96. The van der Waals surface area contributed by atoms with Gasteiger partial charge in [0.05, 0.1) is 11.4 Å². The van der Waals surface area contributed by atoms with E-state index in [9.17, 15) is 0 Å². The molecule has 2 aromatic carbocycles. The van der Waals surface area contributed by atoms with Crippen LogP contribution in [-0.4, -0.2) is 7.05 Å². The predicted molar refractivity (Wildman–Crippen MR) is 101 cm³/mol. The first kappa shape index (κ1) is 15.9. The number of nitrogens with zero attached hydrogens (tertiary/aromatic N) is 1. The summed E-state index contributed by atoms with van der Waals surface area (Å²) in [5.74, 6) is 0. The van der Waals surface area contributed by atoms with Gasteiger partial charge in [-0.05, 0) is 59.1 Å². The molecule has 122 valence electrons. The lowest BCUT2D eigenvalue weighted by Crippen LogP contribution is -2.34. The van der Waals surface area contributed by atoms with Crippen LogP contribution < -0.4 is 10.6 Å². The molecule has 23 heavy (non-hydrogen) atoms. The zero-order valence-electron chi connectivity index (χ0n) is 15.0. The molecule has 2 N–H and O–H groups in total. The van der Waals surface area contributed by atoms with Gasteiger partial charge in [0.2, 0.25) is 0 Å². The zero-order valence-corrected chi connectivity index (χ0v) is 15.0. The van der Waals surface area contributed by atoms with Gasteiger partial charge in [0.15, 0.2) is 0 Å². The van der Waals surface area contributed by atoms with Crippen LogP contribution in [0.5, 0.6) is 0 Å². The van der Waals surface area contributed by atoms with Crippen LogP contribution in [0.4, 0.5) is 17.1 Å². The molecule has 0 unspecified atom stereocenters. The Kier molecular flexibility index (Phi) is 3.66. The minimum absolute atomic E-state index is 0.197. The highest BCUT2D eigenvalue weighted by atomic mass is 15.1. The number of para-hydroxylation sites is 1. The second-order valence-electron chi connectivity index (χ2n) is 8.12. The molecule has 1 aliphatic carbocycles. The van der Waals surface area contributed by atoms with Crippen LogP contribution >= 0.6 is 0 Å². The molecule has 0 heterocycles. The minimum atomic E-state index is 0.197.